The summed E-state index contributed by atoms with van der Waals surface area (Å²) in [6.07, 6.45) is 2.14. The molecule has 0 saturated carbocycles. The van der Waals surface area contributed by atoms with Crippen molar-refractivity contribution in [2.75, 3.05) is 26.3 Å². The van der Waals surface area contributed by atoms with Gasteiger partial charge >= 0.3 is 0 Å². The zero-order valence-electron chi connectivity index (χ0n) is 11.2. The summed E-state index contributed by atoms with van der Waals surface area (Å²) in [5, 5.41) is 17.9. The highest BCUT2D eigenvalue weighted by molar-refractivity contribution is 5.41. The summed E-state index contributed by atoms with van der Waals surface area (Å²) in [7, 11) is 0. The molecule has 0 radical (unpaired) electrons. The molecule has 1 fully saturated rings. The van der Waals surface area contributed by atoms with E-state index in [9.17, 15) is 0 Å². The summed E-state index contributed by atoms with van der Waals surface area (Å²) < 4.78 is 0. The minimum atomic E-state index is -0.101. The molecule has 1 saturated heterocycles. The van der Waals surface area contributed by atoms with Crippen LogP contribution in [0.1, 0.15) is 24.0 Å². The molecule has 1 aliphatic rings. The van der Waals surface area contributed by atoms with Crippen LogP contribution in [0.5, 0.6) is 0 Å². The number of nitrogens with zero attached hydrogens (tertiary/aromatic N) is 1. The maximum atomic E-state index is 9.15. The molecular weight excluding hydrogens is 238 g/mol. The zero-order valence-corrected chi connectivity index (χ0v) is 11.2. The van der Waals surface area contributed by atoms with Gasteiger partial charge in [0.1, 0.15) is 6.61 Å². The molecule has 0 aromatic heterocycles. The van der Waals surface area contributed by atoms with Gasteiger partial charge in [0.2, 0.25) is 0 Å². The van der Waals surface area contributed by atoms with E-state index in [0.29, 0.717) is 12.5 Å². The standard InChI is InChI=1S/C16H21NO2/c18-11-3-6-15-4-1-2-5-16(15)12-17-9-7-14(13-19)8-10-17/h1-2,4-5,14,18-19H,7-13H2. The molecule has 19 heavy (non-hydrogen) atoms. The molecule has 3 nitrogen and oxygen atoms in total. The highest BCUT2D eigenvalue weighted by Crippen LogP contribution is 2.19. The number of aliphatic hydroxyl groups is 2. The molecule has 1 aromatic rings. The van der Waals surface area contributed by atoms with Crippen molar-refractivity contribution < 1.29 is 10.2 Å². The predicted octanol–water partition coefficient (Wildman–Crippen LogP) is 1.23. The topological polar surface area (TPSA) is 43.7 Å². The van der Waals surface area contributed by atoms with Gasteiger partial charge < -0.3 is 10.2 Å². The van der Waals surface area contributed by atoms with Crippen LogP contribution in [-0.2, 0) is 6.54 Å². The van der Waals surface area contributed by atoms with Crippen LogP contribution in [0.3, 0.4) is 0 Å². The number of rotatable bonds is 3. The Morgan fingerprint density at radius 1 is 1.16 bits per heavy atom. The number of likely N-dealkylation sites (tertiary alicyclic amines) is 1. The Balaban J connectivity index is 1.99. The van der Waals surface area contributed by atoms with Crippen LogP contribution < -0.4 is 0 Å². The van der Waals surface area contributed by atoms with Gasteiger partial charge in [0, 0.05) is 18.7 Å². The van der Waals surface area contributed by atoms with E-state index >= 15 is 0 Å². The van der Waals surface area contributed by atoms with Crippen LogP contribution in [0.2, 0.25) is 0 Å². The van der Waals surface area contributed by atoms with Gasteiger partial charge in [0.15, 0.2) is 0 Å². The predicted molar refractivity (Wildman–Crippen MR) is 75.5 cm³/mol. The van der Waals surface area contributed by atoms with Gasteiger partial charge in [-0.3, -0.25) is 4.90 Å². The average molecular weight is 259 g/mol. The molecule has 1 aliphatic heterocycles. The van der Waals surface area contributed by atoms with Crippen molar-refractivity contribution in [2.45, 2.75) is 19.4 Å². The fourth-order valence-corrected chi connectivity index (χ4v) is 2.48. The van der Waals surface area contributed by atoms with Crippen molar-refractivity contribution in [2.24, 2.45) is 5.92 Å². The molecule has 0 spiro atoms. The number of hydrogen-bond acceptors (Lipinski definition) is 3. The number of benzene rings is 1. The van der Waals surface area contributed by atoms with Crippen LogP contribution >= 0.6 is 0 Å². The van der Waals surface area contributed by atoms with Crippen LogP contribution in [0.15, 0.2) is 24.3 Å². The number of piperidine rings is 1. The lowest BCUT2D eigenvalue weighted by Gasteiger charge is -2.31. The van der Waals surface area contributed by atoms with E-state index < -0.39 is 0 Å². The second kappa shape index (κ2) is 7.30. The van der Waals surface area contributed by atoms with Gasteiger partial charge in [-0.15, -0.1) is 0 Å². The zero-order chi connectivity index (χ0) is 13.5. The second-order valence-electron chi connectivity index (χ2n) is 5.02. The highest BCUT2D eigenvalue weighted by atomic mass is 16.3. The van der Waals surface area contributed by atoms with Crippen LogP contribution in [0, 0.1) is 17.8 Å². The van der Waals surface area contributed by atoms with Crippen molar-refractivity contribution in [1.82, 2.24) is 4.90 Å². The van der Waals surface area contributed by atoms with Crippen LogP contribution in [0.4, 0.5) is 0 Å². The Bertz CT molecular complexity index is 453. The summed E-state index contributed by atoms with van der Waals surface area (Å²) in [4.78, 5) is 2.41. The van der Waals surface area contributed by atoms with E-state index in [1.165, 1.54) is 5.56 Å². The lowest BCUT2D eigenvalue weighted by molar-refractivity contribution is 0.127. The van der Waals surface area contributed by atoms with E-state index in [1.807, 2.05) is 18.2 Å². The molecule has 1 heterocycles. The maximum Gasteiger partial charge on any atom is 0.104 e. The van der Waals surface area contributed by atoms with Gasteiger partial charge in [-0.1, -0.05) is 30.0 Å². The summed E-state index contributed by atoms with van der Waals surface area (Å²) >= 11 is 0. The Morgan fingerprint density at radius 3 is 2.58 bits per heavy atom. The first kappa shape index (κ1) is 14.1. The fraction of sp³-hybridized carbons (Fsp3) is 0.500. The first-order chi connectivity index (χ1) is 9.33. The molecule has 2 rings (SSSR count). The molecule has 0 aliphatic carbocycles. The molecule has 0 unspecified atom stereocenters. The Hall–Kier alpha value is -1.34. The second-order valence-corrected chi connectivity index (χ2v) is 5.02. The Labute approximate surface area is 114 Å². The quantitative estimate of drug-likeness (QED) is 0.803. The third-order valence-corrected chi connectivity index (χ3v) is 3.68. The summed E-state index contributed by atoms with van der Waals surface area (Å²) in [6, 6.07) is 8.10. The molecular formula is C16H21NO2. The van der Waals surface area contributed by atoms with Crippen molar-refractivity contribution in [3.05, 3.63) is 35.4 Å². The number of aliphatic hydroxyl groups excluding tert-OH is 2. The third-order valence-electron chi connectivity index (χ3n) is 3.68. The third kappa shape index (κ3) is 4.07. The van der Waals surface area contributed by atoms with E-state index in [1.54, 1.807) is 0 Å². The van der Waals surface area contributed by atoms with E-state index in [2.05, 4.69) is 22.8 Å². The fourth-order valence-electron chi connectivity index (χ4n) is 2.48. The van der Waals surface area contributed by atoms with Crippen molar-refractivity contribution in [3.63, 3.8) is 0 Å². The normalized spacial score (nSPS) is 16.9. The monoisotopic (exact) mass is 259 g/mol. The first-order valence-corrected chi connectivity index (χ1v) is 6.84. The van der Waals surface area contributed by atoms with Crippen molar-refractivity contribution >= 4 is 0 Å². The molecule has 0 amide bonds. The largest absolute Gasteiger partial charge is 0.396 e. The summed E-state index contributed by atoms with van der Waals surface area (Å²) in [5.74, 6) is 6.19. The minimum absolute atomic E-state index is 0.101. The number of hydrogen-bond donors (Lipinski definition) is 2. The lowest BCUT2D eigenvalue weighted by Crippen LogP contribution is -2.34. The molecule has 2 N–H and O–H groups in total. The molecule has 3 heteroatoms. The summed E-state index contributed by atoms with van der Waals surface area (Å²) in [5.41, 5.74) is 2.21. The van der Waals surface area contributed by atoms with Gasteiger partial charge in [0.25, 0.3) is 0 Å². The average Bonchev–Trinajstić information content (AvgIpc) is 2.47. The van der Waals surface area contributed by atoms with Gasteiger partial charge in [-0.2, -0.15) is 0 Å². The first-order valence-electron chi connectivity index (χ1n) is 6.84. The summed E-state index contributed by atoms with van der Waals surface area (Å²) in [6.45, 7) is 3.18. The van der Waals surface area contributed by atoms with Crippen molar-refractivity contribution in [3.8, 4) is 11.8 Å². The van der Waals surface area contributed by atoms with Crippen molar-refractivity contribution in [1.29, 1.82) is 0 Å². The lowest BCUT2D eigenvalue weighted by atomic mass is 9.97. The van der Waals surface area contributed by atoms with Gasteiger partial charge in [0.05, 0.1) is 0 Å². The Morgan fingerprint density at radius 2 is 1.89 bits per heavy atom. The van der Waals surface area contributed by atoms with E-state index in [0.717, 1.165) is 38.0 Å². The van der Waals surface area contributed by atoms with E-state index in [4.69, 9.17) is 10.2 Å². The van der Waals surface area contributed by atoms with Gasteiger partial charge in [-0.25, -0.2) is 0 Å². The minimum Gasteiger partial charge on any atom is -0.396 e. The van der Waals surface area contributed by atoms with Crippen LogP contribution in [-0.4, -0.2) is 41.4 Å². The smallest absolute Gasteiger partial charge is 0.104 e. The van der Waals surface area contributed by atoms with E-state index in [-0.39, 0.29) is 6.61 Å². The van der Waals surface area contributed by atoms with Crippen LogP contribution in [0.25, 0.3) is 0 Å². The highest BCUT2D eigenvalue weighted by Gasteiger charge is 2.18. The molecule has 1 aromatic carbocycles. The SMILES string of the molecule is OCC#Cc1ccccc1CN1CCC(CO)CC1. The maximum absolute atomic E-state index is 9.15. The van der Waals surface area contributed by atoms with Gasteiger partial charge in [-0.05, 0) is 43.5 Å². The Kier molecular flexibility index (Phi) is 5.41. The molecule has 102 valence electrons. The molecule has 0 atom stereocenters. The molecule has 0 bridgehead atoms.